The SMILES string of the molecule is CCCCCCCCCCCCOCC(COP(=O)(O)OCCN)OC(=O)CCCCCCCCCCC. The minimum atomic E-state index is -4.25. The Morgan fingerprint density at radius 1 is 0.684 bits per heavy atom. The van der Waals surface area contributed by atoms with Crippen LogP contribution in [0.25, 0.3) is 0 Å². The molecule has 2 atom stereocenters. The summed E-state index contributed by atoms with van der Waals surface area (Å²) in [6, 6.07) is 0. The molecule has 0 aromatic heterocycles. The molecule has 0 amide bonds. The summed E-state index contributed by atoms with van der Waals surface area (Å²) in [6.07, 6.45) is 22.5. The number of nitrogens with two attached hydrogens (primary N) is 1. The van der Waals surface area contributed by atoms with E-state index in [2.05, 4.69) is 13.8 Å². The molecule has 8 nitrogen and oxygen atoms in total. The Balaban J connectivity index is 4.16. The maximum atomic E-state index is 12.4. The average molecular weight is 566 g/mol. The van der Waals surface area contributed by atoms with E-state index in [1.165, 1.54) is 89.9 Å². The van der Waals surface area contributed by atoms with Crippen LogP contribution in [-0.4, -0.2) is 49.9 Å². The van der Waals surface area contributed by atoms with Gasteiger partial charge in [0.1, 0.15) is 6.10 Å². The predicted octanol–water partition coefficient (Wildman–Crippen LogP) is 7.85. The van der Waals surface area contributed by atoms with Crippen molar-refractivity contribution in [2.24, 2.45) is 5.73 Å². The lowest BCUT2D eigenvalue weighted by Crippen LogP contribution is -2.28. The van der Waals surface area contributed by atoms with Crippen LogP contribution in [0.4, 0.5) is 0 Å². The first-order chi connectivity index (χ1) is 18.4. The highest BCUT2D eigenvalue weighted by atomic mass is 31.2. The summed E-state index contributed by atoms with van der Waals surface area (Å²) in [5, 5.41) is 0. The maximum absolute atomic E-state index is 12.4. The van der Waals surface area contributed by atoms with E-state index in [1.807, 2.05) is 0 Å². The number of esters is 1. The number of phosphoric acid groups is 1. The molecule has 0 heterocycles. The minimum absolute atomic E-state index is 0.0912. The van der Waals surface area contributed by atoms with Crippen molar-refractivity contribution in [1.29, 1.82) is 0 Å². The Morgan fingerprint density at radius 2 is 1.16 bits per heavy atom. The van der Waals surface area contributed by atoms with Crippen molar-refractivity contribution in [3.05, 3.63) is 0 Å². The Morgan fingerprint density at radius 3 is 1.66 bits per heavy atom. The molecular weight excluding hydrogens is 505 g/mol. The first-order valence-corrected chi connectivity index (χ1v) is 17.0. The first kappa shape index (κ1) is 37.5. The Labute approximate surface area is 233 Å². The van der Waals surface area contributed by atoms with Crippen LogP contribution in [0.2, 0.25) is 0 Å². The van der Waals surface area contributed by atoms with Gasteiger partial charge in [-0.1, -0.05) is 123 Å². The zero-order valence-electron chi connectivity index (χ0n) is 24.7. The lowest BCUT2D eigenvalue weighted by molar-refractivity contribution is -0.154. The monoisotopic (exact) mass is 565 g/mol. The fourth-order valence-electron chi connectivity index (χ4n) is 4.23. The van der Waals surface area contributed by atoms with Gasteiger partial charge in [-0.15, -0.1) is 0 Å². The van der Waals surface area contributed by atoms with Crippen LogP contribution in [0.5, 0.6) is 0 Å². The van der Waals surface area contributed by atoms with E-state index in [4.69, 9.17) is 24.3 Å². The molecule has 0 bridgehead atoms. The summed E-state index contributed by atoms with van der Waals surface area (Å²) in [5.74, 6) is -0.334. The summed E-state index contributed by atoms with van der Waals surface area (Å²) in [5.41, 5.74) is 5.32. The number of hydrogen-bond acceptors (Lipinski definition) is 7. The molecule has 2 unspecified atom stereocenters. The number of carbonyl (C=O) groups is 1. The second-order valence-electron chi connectivity index (χ2n) is 10.3. The summed E-state index contributed by atoms with van der Waals surface area (Å²) >= 11 is 0. The topological polar surface area (TPSA) is 117 Å². The second kappa shape index (κ2) is 28.0. The van der Waals surface area contributed by atoms with Gasteiger partial charge in [0.25, 0.3) is 0 Å². The molecular formula is C29H60NO7P. The zero-order valence-corrected chi connectivity index (χ0v) is 25.6. The Bertz CT molecular complexity index is 565. The normalized spacial score (nSPS) is 13.9. The molecule has 0 aromatic carbocycles. The van der Waals surface area contributed by atoms with Crippen LogP contribution in [0.3, 0.4) is 0 Å². The quantitative estimate of drug-likeness (QED) is 0.0514. The molecule has 0 radical (unpaired) electrons. The van der Waals surface area contributed by atoms with E-state index in [1.54, 1.807) is 0 Å². The van der Waals surface area contributed by atoms with Crippen LogP contribution in [0.15, 0.2) is 0 Å². The van der Waals surface area contributed by atoms with Gasteiger partial charge < -0.3 is 20.1 Å². The number of carbonyl (C=O) groups excluding carboxylic acids is 1. The highest BCUT2D eigenvalue weighted by molar-refractivity contribution is 7.47. The number of hydrogen-bond donors (Lipinski definition) is 2. The van der Waals surface area contributed by atoms with Crippen molar-refractivity contribution in [3.8, 4) is 0 Å². The lowest BCUT2D eigenvalue weighted by atomic mass is 10.1. The van der Waals surface area contributed by atoms with Crippen LogP contribution < -0.4 is 5.73 Å². The highest BCUT2D eigenvalue weighted by Crippen LogP contribution is 2.43. The molecule has 0 spiro atoms. The summed E-state index contributed by atoms with van der Waals surface area (Å²) < 4.78 is 33.0. The van der Waals surface area contributed by atoms with Crippen LogP contribution in [-0.2, 0) is 27.9 Å². The maximum Gasteiger partial charge on any atom is 0.472 e. The predicted molar refractivity (Wildman–Crippen MR) is 155 cm³/mol. The highest BCUT2D eigenvalue weighted by Gasteiger charge is 2.25. The molecule has 0 saturated heterocycles. The summed E-state index contributed by atoms with van der Waals surface area (Å²) in [7, 11) is -4.25. The van der Waals surface area contributed by atoms with Gasteiger partial charge in [-0.3, -0.25) is 13.8 Å². The van der Waals surface area contributed by atoms with E-state index in [0.717, 1.165) is 32.1 Å². The van der Waals surface area contributed by atoms with Gasteiger partial charge in [0.15, 0.2) is 0 Å². The summed E-state index contributed by atoms with van der Waals surface area (Å²) in [4.78, 5) is 22.1. The van der Waals surface area contributed by atoms with Gasteiger partial charge in [0.2, 0.25) is 0 Å². The molecule has 0 aromatic rings. The van der Waals surface area contributed by atoms with Crippen LogP contribution in [0, 0.1) is 0 Å². The van der Waals surface area contributed by atoms with E-state index in [9.17, 15) is 14.3 Å². The Kier molecular flexibility index (Phi) is 27.7. The molecule has 0 aliphatic rings. The minimum Gasteiger partial charge on any atom is -0.457 e. The number of ether oxygens (including phenoxy) is 2. The van der Waals surface area contributed by atoms with Crippen molar-refractivity contribution < 1.29 is 32.8 Å². The van der Waals surface area contributed by atoms with E-state index < -0.39 is 13.9 Å². The number of rotatable bonds is 30. The van der Waals surface area contributed by atoms with E-state index in [0.29, 0.717) is 13.0 Å². The van der Waals surface area contributed by atoms with E-state index in [-0.39, 0.29) is 32.3 Å². The van der Waals surface area contributed by atoms with Crippen molar-refractivity contribution >= 4 is 13.8 Å². The molecule has 0 fully saturated rings. The fourth-order valence-corrected chi connectivity index (χ4v) is 5.00. The van der Waals surface area contributed by atoms with Gasteiger partial charge >= 0.3 is 13.8 Å². The zero-order chi connectivity index (χ0) is 28.2. The molecule has 0 aliphatic heterocycles. The third-order valence-corrected chi connectivity index (χ3v) is 7.51. The smallest absolute Gasteiger partial charge is 0.457 e. The van der Waals surface area contributed by atoms with Crippen LogP contribution >= 0.6 is 7.82 Å². The first-order valence-electron chi connectivity index (χ1n) is 15.5. The largest absolute Gasteiger partial charge is 0.472 e. The van der Waals surface area contributed by atoms with Gasteiger partial charge in [0.05, 0.1) is 19.8 Å². The van der Waals surface area contributed by atoms with Gasteiger partial charge in [-0.2, -0.15) is 0 Å². The molecule has 0 saturated carbocycles. The number of unbranched alkanes of at least 4 members (excludes halogenated alkanes) is 17. The molecule has 0 aliphatic carbocycles. The molecule has 3 N–H and O–H groups in total. The van der Waals surface area contributed by atoms with Crippen molar-refractivity contribution in [2.75, 3.05) is 33.0 Å². The molecule has 38 heavy (non-hydrogen) atoms. The third kappa shape index (κ3) is 27.1. The van der Waals surface area contributed by atoms with Crippen molar-refractivity contribution in [1.82, 2.24) is 0 Å². The van der Waals surface area contributed by atoms with E-state index >= 15 is 0 Å². The standard InChI is InChI=1S/C29H60NO7P/c1-3-5-7-9-11-13-15-17-19-21-24-34-26-28(27-36-38(32,33)35-25-23-30)37-29(31)22-20-18-16-14-12-10-8-6-4-2/h28H,3-27,30H2,1-2H3,(H,32,33). The second-order valence-corrected chi connectivity index (χ2v) is 11.8. The molecule has 228 valence electrons. The van der Waals surface area contributed by atoms with Crippen molar-refractivity contribution in [3.63, 3.8) is 0 Å². The van der Waals surface area contributed by atoms with Gasteiger partial charge in [-0.25, -0.2) is 4.57 Å². The molecule has 0 rings (SSSR count). The Hall–Kier alpha value is -0.500. The van der Waals surface area contributed by atoms with Gasteiger partial charge in [-0.05, 0) is 12.8 Å². The number of phosphoric ester groups is 1. The molecule has 9 heteroatoms. The average Bonchev–Trinajstić information content (AvgIpc) is 2.90. The fraction of sp³-hybridized carbons (Fsp3) is 0.966. The van der Waals surface area contributed by atoms with Crippen molar-refractivity contribution in [2.45, 2.75) is 148 Å². The summed E-state index contributed by atoms with van der Waals surface area (Å²) in [6.45, 7) is 4.89. The lowest BCUT2D eigenvalue weighted by Gasteiger charge is -2.20. The van der Waals surface area contributed by atoms with Gasteiger partial charge in [0, 0.05) is 19.6 Å². The van der Waals surface area contributed by atoms with Crippen LogP contribution in [0.1, 0.15) is 142 Å². The third-order valence-electron chi connectivity index (χ3n) is 6.52.